The molecule has 0 bridgehead atoms. The van der Waals surface area contributed by atoms with E-state index >= 15 is 0 Å². The molecule has 1 saturated carbocycles. The van der Waals surface area contributed by atoms with Crippen molar-refractivity contribution in [2.45, 2.75) is 79.6 Å². The summed E-state index contributed by atoms with van der Waals surface area (Å²) in [5, 5.41) is 0. The summed E-state index contributed by atoms with van der Waals surface area (Å²) in [7, 11) is 0. The van der Waals surface area contributed by atoms with Crippen molar-refractivity contribution < 1.29 is 0 Å². The van der Waals surface area contributed by atoms with Gasteiger partial charge >= 0.3 is 0 Å². The molecule has 0 spiro atoms. The molecule has 1 fully saturated rings. The van der Waals surface area contributed by atoms with Gasteiger partial charge in [-0.3, -0.25) is 0 Å². The fourth-order valence-corrected chi connectivity index (χ4v) is 3.72. The first-order valence-electron chi connectivity index (χ1n) is 8.06. The van der Waals surface area contributed by atoms with Crippen LogP contribution in [0.2, 0.25) is 0 Å². The average molecular weight is 238 g/mol. The zero-order chi connectivity index (χ0) is 12.8. The van der Waals surface area contributed by atoms with Crippen molar-refractivity contribution in [2.24, 2.45) is 29.6 Å². The highest BCUT2D eigenvalue weighted by molar-refractivity contribution is 4.85. The van der Waals surface area contributed by atoms with Crippen LogP contribution < -0.4 is 0 Å². The molecule has 1 aliphatic rings. The van der Waals surface area contributed by atoms with Crippen molar-refractivity contribution in [3.05, 3.63) is 0 Å². The first-order chi connectivity index (χ1) is 8.06. The predicted molar refractivity (Wildman–Crippen MR) is 78.1 cm³/mol. The van der Waals surface area contributed by atoms with Crippen LogP contribution in [-0.4, -0.2) is 0 Å². The van der Waals surface area contributed by atoms with E-state index in [-0.39, 0.29) is 0 Å². The molecule has 0 aliphatic heterocycles. The summed E-state index contributed by atoms with van der Waals surface area (Å²) < 4.78 is 0. The standard InChI is InChI=1S/C17H34/c1-6-7-8-9-10-13(2)11-17-12-14(3)15(4)16(17)5/h13-17H,6-12H2,1-5H3. The quantitative estimate of drug-likeness (QED) is 0.484. The molecule has 17 heavy (non-hydrogen) atoms. The second-order valence-electron chi connectivity index (χ2n) is 6.88. The largest absolute Gasteiger partial charge is 0.0654 e. The van der Waals surface area contributed by atoms with Crippen LogP contribution in [0, 0.1) is 29.6 Å². The third-order valence-electron chi connectivity index (χ3n) is 5.40. The third-order valence-corrected chi connectivity index (χ3v) is 5.40. The van der Waals surface area contributed by atoms with Gasteiger partial charge in [-0.1, -0.05) is 66.7 Å². The van der Waals surface area contributed by atoms with Crippen LogP contribution in [0.3, 0.4) is 0 Å². The summed E-state index contributed by atoms with van der Waals surface area (Å²) in [6.45, 7) is 12.2. The third kappa shape index (κ3) is 4.64. The maximum absolute atomic E-state index is 2.49. The van der Waals surface area contributed by atoms with Crippen molar-refractivity contribution in [3.63, 3.8) is 0 Å². The van der Waals surface area contributed by atoms with E-state index in [0.717, 1.165) is 29.6 Å². The minimum atomic E-state index is 0.951. The van der Waals surface area contributed by atoms with Crippen LogP contribution in [0.15, 0.2) is 0 Å². The smallest absolute Gasteiger partial charge is 0.0381 e. The van der Waals surface area contributed by atoms with Gasteiger partial charge in [-0.2, -0.15) is 0 Å². The number of hydrogen-bond acceptors (Lipinski definition) is 0. The normalized spacial score (nSPS) is 35.1. The second kappa shape index (κ2) is 7.44. The number of unbranched alkanes of at least 4 members (excludes halogenated alkanes) is 3. The molecule has 102 valence electrons. The molecule has 0 N–H and O–H groups in total. The summed E-state index contributed by atoms with van der Waals surface area (Å²) in [5.41, 5.74) is 0. The zero-order valence-electron chi connectivity index (χ0n) is 12.8. The Kier molecular flexibility index (Phi) is 6.59. The molecule has 0 amide bonds. The van der Waals surface area contributed by atoms with Gasteiger partial charge in [-0.25, -0.2) is 0 Å². The molecule has 0 radical (unpaired) electrons. The average Bonchev–Trinajstić information content (AvgIpc) is 2.53. The van der Waals surface area contributed by atoms with E-state index in [1.54, 1.807) is 0 Å². The molecule has 1 aliphatic carbocycles. The van der Waals surface area contributed by atoms with Gasteiger partial charge in [0, 0.05) is 0 Å². The van der Waals surface area contributed by atoms with Crippen LogP contribution >= 0.6 is 0 Å². The molecule has 0 aromatic heterocycles. The van der Waals surface area contributed by atoms with Crippen molar-refractivity contribution in [1.29, 1.82) is 0 Å². The SMILES string of the molecule is CCCCCCC(C)CC1CC(C)C(C)C1C. The number of rotatable bonds is 7. The molecule has 0 heterocycles. The van der Waals surface area contributed by atoms with Gasteiger partial charge < -0.3 is 0 Å². The van der Waals surface area contributed by atoms with Gasteiger partial charge in [0.25, 0.3) is 0 Å². The second-order valence-corrected chi connectivity index (χ2v) is 6.88. The highest BCUT2D eigenvalue weighted by atomic mass is 14.4. The van der Waals surface area contributed by atoms with Crippen LogP contribution in [-0.2, 0) is 0 Å². The fraction of sp³-hybridized carbons (Fsp3) is 1.00. The van der Waals surface area contributed by atoms with Crippen LogP contribution in [0.25, 0.3) is 0 Å². The van der Waals surface area contributed by atoms with E-state index in [4.69, 9.17) is 0 Å². The topological polar surface area (TPSA) is 0 Å². The van der Waals surface area contributed by atoms with Crippen LogP contribution in [0.5, 0.6) is 0 Å². The van der Waals surface area contributed by atoms with E-state index in [1.165, 1.54) is 44.9 Å². The van der Waals surface area contributed by atoms with Crippen molar-refractivity contribution in [2.75, 3.05) is 0 Å². The first-order valence-corrected chi connectivity index (χ1v) is 8.06. The highest BCUT2D eigenvalue weighted by Gasteiger charge is 2.35. The Morgan fingerprint density at radius 2 is 1.71 bits per heavy atom. The predicted octanol–water partition coefficient (Wildman–Crippen LogP) is 5.91. The summed E-state index contributed by atoms with van der Waals surface area (Å²) >= 11 is 0. The van der Waals surface area contributed by atoms with Gasteiger partial charge in [0.2, 0.25) is 0 Å². The van der Waals surface area contributed by atoms with Gasteiger partial charge in [0.05, 0.1) is 0 Å². The Balaban J connectivity index is 2.20. The maximum atomic E-state index is 2.49. The molecule has 0 heteroatoms. The first kappa shape index (κ1) is 15.1. The Morgan fingerprint density at radius 3 is 2.24 bits per heavy atom. The molecule has 0 saturated heterocycles. The molecule has 1 rings (SSSR count). The van der Waals surface area contributed by atoms with Gasteiger partial charge in [-0.05, 0) is 42.4 Å². The van der Waals surface area contributed by atoms with E-state index in [0.29, 0.717) is 0 Å². The van der Waals surface area contributed by atoms with E-state index in [1.807, 2.05) is 0 Å². The molecule has 0 aromatic rings. The maximum Gasteiger partial charge on any atom is -0.0381 e. The summed E-state index contributed by atoms with van der Waals surface area (Å²) in [6, 6.07) is 0. The van der Waals surface area contributed by atoms with E-state index < -0.39 is 0 Å². The van der Waals surface area contributed by atoms with Gasteiger partial charge in [-0.15, -0.1) is 0 Å². The molecule has 5 unspecified atom stereocenters. The minimum absolute atomic E-state index is 0.951. The lowest BCUT2D eigenvalue weighted by Gasteiger charge is -2.22. The highest BCUT2D eigenvalue weighted by Crippen LogP contribution is 2.44. The molecule has 0 aromatic carbocycles. The van der Waals surface area contributed by atoms with Crippen LogP contribution in [0.4, 0.5) is 0 Å². The Morgan fingerprint density at radius 1 is 1.00 bits per heavy atom. The Bertz CT molecular complexity index is 196. The lowest BCUT2D eigenvalue weighted by atomic mass is 9.84. The fourth-order valence-electron chi connectivity index (χ4n) is 3.72. The van der Waals surface area contributed by atoms with Crippen molar-refractivity contribution in [3.8, 4) is 0 Å². The molecular weight excluding hydrogens is 204 g/mol. The molecule has 0 nitrogen and oxygen atoms in total. The number of hydrogen-bond donors (Lipinski definition) is 0. The van der Waals surface area contributed by atoms with Crippen molar-refractivity contribution in [1.82, 2.24) is 0 Å². The molecule has 5 atom stereocenters. The summed E-state index contributed by atoms with van der Waals surface area (Å²) in [6.07, 6.45) is 10.1. The molecular formula is C17H34. The Labute approximate surface area is 110 Å². The lowest BCUT2D eigenvalue weighted by Crippen LogP contribution is -2.13. The monoisotopic (exact) mass is 238 g/mol. The van der Waals surface area contributed by atoms with E-state index in [2.05, 4.69) is 34.6 Å². The zero-order valence-corrected chi connectivity index (χ0v) is 12.8. The minimum Gasteiger partial charge on any atom is -0.0654 e. The summed E-state index contributed by atoms with van der Waals surface area (Å²) in [4.78, 5) is 0. The van der Waals surface area contributed by atoms with Crippen LogP contribution in [0.1, 0.15) is 79.6 Å². The summed E-state index contributed by atoms with van der Waals surface area (Å²) in [5.74, 6) is 4.84. The lowest BCUT2D eigenvalue weighted by molar-refractivity contribution is 0.285. The van der Waals surface area contributed by atoms with E-state index in [9.17, 15) is 0 Å². The Hall–Kier alpha value is 0. The van der Waals surface area contributed by atoms with Gasteiger partial charge in [0.15, 0.2) is 0 Å². The van der Waals surface area contributed by atoms with Gasteiger partial charge in [0.1, 0.15) is 0 Å². The van der Waals surface area contributed by atoms with Crippen molar-refractivity contribution >= 4 is 0 Å².